The van der Waals surface area contributed by atoms with Crippen LogP contribution >= 0.6 is 34.5 Å². The van der Waals surface area contributed by atoms with Crippen LogP contribution in [0, 0.1) is 5.41 Å². The predicted octanol–water partition coefficient (Wildman–Crippen LogP) is 4.54. The molecule has 1 aromatic heterocycles. The summed E-state index contributed by atoms with van der Waals surface area (Å²) in [4.78, 5) is 1.29. The SMILES string of the molecule is CC(C)(CCCCl)CNCc1ccc(Cl)s1. The maximum atomic E-state index is 5.87. The summed E-state index contributed by atoms with van der Waals surface area (Å²) in [5.41, 5.74) is 0.315. The summed E-state index contributed by atoms with van der Waals surface area (Å²) in [6, 6.07) is 4.02. The van der Waals surface area contributed by atoms with E-state index >= 15 is 0 Å². The van der Waals surface area contributed by atoms with E-state index in [9.17, 15) is 0 Å². The summed E-state index contributed by atoms with van der Waals surface area (Å²) in [7, 11) is 0. The lowest BCUT2D eigenvalue weighted by Gasteiger charge is -2.24. The zero-order valence-electron chi connectivity index (χ0n) is 9.85. The molecule has 0 atom stereocenters. The molecule has 1 aromatic rings. The van der Waals surface area contributed by atoms with Gasteiger partial charge in [0.25, 0.3) is 0 Å². The van der Waals surface area contributed by atoms with Crippen LogP contribution in [0.15, 0.2) is 12.1 Å². The van der Waals surface area contributed by atoms with Crippen LogP contribution in [0.2, 0.25) is 4.34 Å². The summed E-state index contributed by atoms with van der Waals surface area (Å²) in [5, 5.41) is 3.47. The highest BCUT2D eigenvalue weighted by Crippen LogP contribution is 2.23. The third kappa shape index (κ3) is 5.53. The first-order valence-electron chi connectivity index (χ1n) is 5.54. The van der Waals surface area contributed by atoms with Gasteiger partial charge in [0.2, 0.25) is 0 Å². The first kappa shape index (κ1) is 14.3. The van der Waals surface area contributed by atoms with Crippen molar-refractivity contribution in [1.82, 2.24) is 5.32 Å². The molecule has 4 heteroatoms. The molecule has 0 aliphatic rings. The van der Waals surface area contributed by atoms with E-state index in [1.54, 1.807) is 11.3 Å². The molecule has 0 spiro atoms. The Morgan fingerprint density at radius 3 is 2.69 bits per heavy atom. The van der Waals surface area contributed by atoms with Gasteiger partial charge in [0, 0.05) is 23.8 Å². The minimum absolute atomic E-state index is 0.315. The minimum atomic E-state index is 0.315. The van der Waals surface area contributed by atoms with E-state index in [1.807, 2.05) is 6.07 Å². The third-order valence-corrected chi connectivity index (χ3v) is 4.02. The Morgan fingerprint density at radius 1 is 1.38 bits per heavy atom. The lowest BCUT2D eigenvalue weighted by molar-refractivity contribution is 0.311. The van der Waals surface area contributed by atoms with Gasteiger partial charge in [-0.1, -0.05) is 25.4 Å². The summed E-state index contributed by atoms with van der Waals surface area (Å²) in [6.45, 7) is 6.46. The number of halogens is 2. The first-order valence-corrected chi connectivity index (χ1v) is 7.27. The van der Waals surface area contributed by atoms with E-state index < -0.39 is 0 Å². The normalized spacial score (nSPS) is 12.0. The average Bonchev–Trinajstić information content (AvgIpc) is 2.61. The van der Waals surface area contributed by atoms with Gasteiger partial charge in [0.1, 0.15) is 0 Å². The zero-order valence-corrected chi connectivity index (χ0v) is 12.2. The number of nitrogens with one attached hydrogen (secondary N) is 1. The van der Waals surface area contributed by atoms with E-state index in [0.29, 0.717) is 5.41 Å². The Hall–Kier alpha value is 0.240. The Balaban J connectivity index is 2.24. The lowest BCUT2D eigenvalue weighted by Crippen LogP contribution is -2.28. The van der Waals surface area contributed by atoms with E-state index in [0.717, 1.165) is 36.1 Å². The second-order valence-corrected chi connectivity index (χ2v) is 6.94. The summed E-state index contributed by atoms with van der Waals surface area (Å²) >= 11 is 13.2. The van der Waals surface area contributed by atoms with Crippen molar-refractivity contribution in [1.29, 1.82) is 0 Å². The number of hydrogen-bond acceptors (Lipinski definition) is 2. The van der Waals surface area contributed by atoms with Gasteiger partial charge in [-0.25, -0.2) is 0 Å². The molecule has 0 saturated heterocycles. The number of rotatable bonds is 7. The van der Waals surface area contributed by atoms with Crippen LogP contribution in [0.3, 0.4) is 0 Å². The van der Waals surface area contributed by atoms with E-state index in [1.165, 1.54) is 4.88 Å². The molecule has 0 unspecified atom stereocenters. The summed E-state index contributed by atoms with van der Waals surface area (Å²) < 4.78 is 0.859. The molecular formula is C12H19Cl2NS. The molecule has 0 amide bonds. The van der Waals surface area contributed by atoms with Crippen LogP contribution in [0.5, 0.6) is 0 Å². The van der Waals surface area contributed by atoms with Crippen LogP contribution in [-0.4, -0.2) is 12.4 Å². The topological polar surface area (TPSA) is 12.0 Å². The molecule has 0 bridgehead atoms. The summed E-state index contributed by atoms with van der Waals surface area (Å²) in [5.74, 6) is 0.754. The van der Waals surface area contributed by atoms with Crippen molar-refractivity contribution in [3.63, 3.8) is 0 Å². The monoisotopic (exact) mass is 279 g/mol. The van der Waals surface area contributed by atoms with Crippen molar-refractivity contribution in [2.75, 3.05) is 12.4 Å². The van der Waals surface area contributed by atoms with Crippen molar-refractivity contribution in [3.05, 3.63) is 21.3 Å². The van der Waals surface area contributed by atoms with Gasteiger partial charge >= 0.3 is 0 Å². The van der Waals surface area contributed by atoms with Crippen molar-refractivity contribution in [3.8, 4) is 0 Å². The van der Waals surface area contributed by atoms with Crippen LogP contribution in [0.1, 0.15) is 31.6 Å². The van der Waals surface area contributed by atoms with Crippen LogP contribution in [0.25, 0.3) is 0 Å². The highest BCUT2D eigenvalue weighted by Gasteiger charge is 2.16. The van der Waals surface area contributed by atoms with Gasteiger partial charge in [-0.05, 0) is 30.4 Å². The molecule has 0 saturated carbocycles. The van der Waals surface area contributed by atoms with Gasteiger partial charge < -0.3 is 5.32 Å². The molecule has 0 fully saturated rings. The number of hydrogen-bond donors (Lipinski definition) is 1. The molecular weight excluding hydrogens is 261 g/mol. The molecule has 1 nitrogen and oxygen atoms in total. The molecule has 0 aliphatic carbocycles. The quantitative estimate of drug-likeness (QED) is 0.723. The van der Waals surface area contributed by atoms with Crippen molar-refractivity contribution in [2.24, 2.45) is 5.41 Å². The number of thiophene rings is 1. The van der Waals surface area contributed by atoms with Gasteiger partial charge in [-0.15, -0.1) is 22.9 Å². The van der Waals surface area contributed by atoms with Gasteiger partial charge in [-0.2, -0.15) is 0 Å². The molecule has 1 rings (SSSR count). The highest BCUT2D eigenvalue weighted by atomic mass is 35.5. The second kappa shape index (κ2) is 6.85. The van der Waals surface area contributed by atoms with Crippen LogP contribution in [0.4, 0.5) is 0 Å². The van der Waals surface area contributed by atoms with E-state index in [2.05, 4.69) is 25.2 Å². The minimum Gasteiger partial charge on any atom is -0.311 e. The Kier molecular flexibility index (Phi) is 6.12. The fraction of sp³-hybridized carbons (Fsp3) is 0.667. The Morgan fingerprint density at radius 2 is 2.12 bits per heavy atom. The standard InChI is InChI=1S/C12H19Cl2NS/c1-12(2,6-3-7-13)9-15-8-10-4-5-11(14)16-10/h4-5,15H,3,6-9H2,1-2H3. The number of alkyl halides is 1. The molecule has 0 aromatic carbocycles. The van der Waals surface area contributed by atoms with Gasteiger partial charge in [0.15, 0.2) is 0 Å². The van der Waals surface area contributed by atoms with E-state index in [4.69, 9.17) is 23.2 Å². The third-order valence-electron chi connectivity index (χ3n) is 2.52. The Labute approximate surface area is 112 Å². The largest absolute Gasteiger partial charge is 0.311 e. The van der Waals surface area contributed by atoms with Crippen LogP contribution < -0.4 is 5.32 Å². The highest BCUT2D eigenvalue weighted by molar-refractivity contribution is 7.16. The maximum absolute atomic E-state index is 5.87. The van der Waals surface area contributed by atoms with E-state index in [-0.39, 0.29) is 0 Å². The predicted molar refractivity (Wildman–Crippen MR) is 74.8 cm³/mol. The zero-order chi connectivity index (χ0) is 12.0. The first-order chi connectivity index (χ1) is 7.53. The molecule has 0 aliphatic heterocycles. The average molecular weight is 280 g/mol. The van der Waals surface area contributed by atoms with Crippen molar-refractivity contribution in [2.45, 2.75) is 33.2 Å². The smallest absolute Gasteiger partial charge is 0.0931 e. The molecule has 1 N–H and O–H groups in total. The molecule has 92 valence electrons. The van der Waals surface area contributed by atoms with Crippen LogP contribution in [-0.2, 0) is 6.54 Å². The molecule has 1 heterocycles. The lowest BCUT2D eigenvalue weighted by atomic mass is 9.88. The van der Waals surface area contributed by atoms with Gasteiger partial charge in [0.05, 0.1) is 4.34 Å². The molecule has 0 radical (unpaired) electrons. The van der Waals surface area contributed by atoms with Crippen molar-refractivity contribution < 1.29 is 0 Å². The Bertz CT molecular complexity index is 310. The second-order valence-electron chi connectivity index (χ2n) is 4.77. The maximum Gasteiger partial charge on any atom is 0.0931 e. The fourth-order valence-electron chi connectivity index (χ4n) is 1.60. The fourth-order valence-corrected chi connectivity index (χ4v) is 2.80. The van der Waals surface area contributed by atoms with Gasteiger partial charge in [-0.3, -0.25) is 0 Å². The summed E-state index contributed by atoms with van der Waals surface area (Å²) in [6.07, 6.45) is 2.25. The molecule has 16 heavy (non-hydrogen) atoms. The van der Waals surface area contributed by atoms with Crippen molar-refractivity contribution >= 4 is 34.5 Å².